The first kappa shape index (κ1) is 21.3. The van der Waals surface area contributed by atoms with Crippen molar-refractivity contribution >= 4 is 29.5 Å². The van der Waals surface area contributed by atoms with Gasteiger partial charge in [0.15, 0.2) is 6.61 Å². The Balaban J connectivity index is 1.49. The predicted octanol–water partition coefficient (Wildman–Crippen LogP) is 1.74. The van der Waals surface area contributed by atoms with Crippen LogP contribution in [0.2, 0.25) is 0 Å². The first-order chi connectivity index (χ1) is 14.4. The third-order valence-electron chi connectivity index (χ3n) is 5.67. The van der Waals surface area contributed by atoms with Crippen molar-refractivity contribution in [1.82, 2.24) is 10.2 Å². The van der Waals surface area contributed by atoms with Crippen LogP contribution in [-0.4, -0.2) is 47.4 Å². The van der Waals surface area contributed by atoms with E-state index >= 15 is 0 Å². The molecule has 158 valence electrons. The number of hydrogen-bond acceptors (Lipinski definition) is 6. The van der Waals surface area contributed by atoms with Crippen LogP contribution in [-0.2, 0) is 25.5 Å². The van der Waals surface area contributed by atoms with E-state index in [2.05, 4.69) is 10.6 Å². The van der Waals surface area contributed by atoms with E-state index in [1.165, 1.54) is 0 Å². The summed E-state index contributed by atoms with van der Waals surface area (Å²) in [5.41, 5.74) is 0.380. The lowest BCUT2D eigenvalue weighted by Crippen LogP contribution is -2.54. The number of hydrogen-bond donors (Lipinski definition) is 2. The molecule has 4 amide bonds. The van der Waals surface area contributed by atoms with Crippen molar-refractivity contribution in [2.75, 3.05) is 18.5 Å². The van der Waals surface area contributed by atoms with Crippen LogP contribution in [0.3, 0.4) is 0 Å². The third-order valence-corrected chi connectivity index (χ3v) is 5.67. The number of carbonyl (C=O) groups excluding carboxylic acids is 4. The van der Waals surface area contributed by atoms with Crippen molar-refractivity contribution in [2.24, 2.45) is 5.92 Å². The van der Waals surface area contributed by atoms with E-state index in [0.717, 1.165) is 29.7 Å². The van der Waals surface area contributed by atoms with E-state index in [0.29, 0.717) is 12.1 Å². The van der Waals surface area contributed by atoms with Crippen molar-refractivity contribution < 1.29 is 23.9 Å². The Bertz CT molecular complexity index is 892. The summed E-state index contributed by atoms with van der Waals surface area (Å²) >= 11 is 0. The molecule has 2 fully saturated rings. The Morgan fingerprint density at radius 2 is 2.03 bits per heavy atom. The fraction of sp³-hybridized carbons (Fsp3) is 0.476. The van der Waals surface area contributed by atoms with E-state index in [-0.39, 0.29) is 12.3 Å². The second kappa shape index (κ2) is 8.95. The number of benzene rings is 1. The molecule has 0 aromatic heterocycles. The molecule has 1 aliphatic carbocycles. The van der Waals surface area contributed by atoms with Gasteiger partial charge < -0.3 is 15.4 Å². The highest BCUT2D eigenvalue weighted by molar-refractivity contribution is 6.09. The molecule has 2 N–H and O–H groups in total. The number of nitrogens with zero attached hydrogens (tertiary/aromatic N) is 2. The molecule has 1 saturated carbocycles. The number of nitriles is 1. The van der Waals surface area contributed by atoms with Crippen LogP contribution in [0.5, 0.6) is 0 Å². The van der Waals surface area contributed by atoms with Gasteiger partial charge in [-0.15, -0.1) is 0 Å². The minimum absolute atomic E-state index is 0.00551. The molecule has 1 aromatic carbocycles. The Kier molecular flexibility index (Phi) is 6.35. The van der Waals surface area contributed by atoms with Crippen LogP contribution in [0.15, 0.2) is 24.3 Å². The molecular weight excluding hydrogens is 388 g/mol. The molecule has 1 aromatic rings. The second-order valence-corrected chi connectivity index (χ2v) is 7.68. The number of nitrogens with one attached hydrogen (secondary N) is 2. The zero-order chi connectivity index (χ0) is 21.7. The highest BCUT2D eigenvalue weighted by Gasteiger charge is 2.55. The van der Waals surface area contributed by atoms with E-state index in [1.807, 2.05) is 13.0 Å². The minimum atomic E-state index is -0.940. The molecule has 9 nitrogen and oxygen atoms in total. The smallest absolute Gasteiger partial charge is 0.326 e. The number of ether oxygens (including phenoxy) is 1. The first-order valence-electron chi connectivity index (χ1n) is 9.91. The highest BCUT2D eigenvalue weighted by Crippen LogP contribution is 2.38. The molecule has 0 unspecified atom stereocenters. The largest absolute Gasteiger partial charge is 0.454 e. The number of urea groups is 1. The van der Waals surface area contributed by atoms with E-state index in [9.17, 15) is 19.2 Å². The van der Waals surface area contributed by atoms with E-state index in [1.54, 1.807) is 24.3 Å². The maximum atomic E-state index is 12.8. The molecule has 30 heavy (non-hydrogen) atoms. The molecule has 1 saturated heterocycles. The van der Waals surface area contributed by atoms with Crippen LogP contribution in [0.25, 0.3) is 0 Å². The Morgan fingerprint density at radius 3 is 2.70 bits per heavy atom. The average molecular weight is 412 g/mol. The molecule has 1 heterocycles. The topological polar surface area (TPSA) is 129 Å². The lowest BCUT2D eigenvalue weighted by molar-refractivity contribution is -0.150. The lowest BCUT2D eigenvalue weighted by Gasteiger charge is -2.36. The fourth-order valence-electron chi connectivity index (χ4n) is 3.95. The van der Waals surface area contributed by atoms with Gasteiger partial charge in [0.2, 0.25) is 0 Å². The standard InChI is InChI=1S/C21H24N4O5/c1-14-4-2-3-10-21(14)19(28)25(20(29)24-21)12-18(27)30-13-17(26)23-16-7-5-15(6-8-16)9-11-22/h5-8,14H,2-4,9-10,12-13H2,1H3,(H,23,26)(H,24,29)/t14-,21+/m0/s1. The van der Waals surface area contributed by atoms with Gasteiger partial charge in [-0.05, 0) is 36.5 Å². The Hall–Kier alpha value is -3.41. The number of carbonyl (C=O) groups is 4. The summed E-state index contributed by atoms with van der Waals surface area (Å²) in [6.45, 7) is 0.857. The van der Waals surface area contributed by atoms with Gasteiger partial charge >= 0.3 is 12.0 Å². The maximum Gasteiger partial charge on any atom is 0.326 e. The number of anilines is 1. The third kappa shape index (κ3) is 4.43. The van der Waals surface area contributed by atoms with Gasteiger partial charge in [-0.1, -0.05) is 31.9 Å². The number of esters is 1. The van der Waals surface area contributed by atoms with Crippen LogP contribution >= 0.6 is 0 Å². The first-order valence-corrected chi connectivity index (χ1v) is 9.91. The van der Waals surface area contributed by atoms with Crippen LogP contribution in [0, 0.1) is 17.2 Å². The fourth-order valence-corrected chi connectivity index (χ4v) is 3.95. The maximum absolute atomic E-state index is 12.8. The van der Waals surface area contributed by atoms with Crippen molar-refractivity contribution in [1.29, 1.82) is 5.26 Å². The quantitative estimate of drug-likeness (QED) is 0.541. The van der Waals surface area contributed by atoms with Crippen LogP contribution in [0.4, 0.5) is 10.5 Å². The van der Waals surface area contributed by atoms with Gasteiger partial charge in [-0.2, -0.15) is 5.26 Å². The normalized spacial score (nSPS) is 23.1. The summed E-state index contributed by atoms with van der Waals surface area (Å²) in [5.74, 6) is -1.79. The summed E-state index contributed by atoms with van der Waals surface area (Å²) in [7, 11) is 0. The summed E-state index contributed by atoms with van der Waals surface area (Å²) in [5, 5.41) is 14.0. The van der Waals surface area contributed by atoms with Gasteiger partial charge in [0.05, 0.1) is 12.5 Å². The average Bonchev–Trinajstić information content (AvgIpc) is 2.95. The number of imide groups is 1. The molecule has 2 aliphatic rings. The van der Waals surface area contributed by atoms with Gasteiger partial charge in [-0.25, -0.2) is 4.79 Å². The zero-order valence-corrected chi connectivity index (χ0v) is 16.8. The molecule has 0 radical (unpaired) electrons. The molecule has 9 heteroatoms. The summed E-state index contributed by atoms with van der Waals surface area (Å²) in [4.78, 5) is 50.1. The summed E-state index contributed by atoms with van der Waals surface area (Å²) in [6.07, 6.45) is 3.51. The Morgan fingerprint density at radius 1 is 1.30 bits per heavy atom. The molecule has 0 bridgehead atoms. The summed E-state index contributed by atoms with van der Waals surface area (Å²) in [6, 6.07) is 8.14. The van der Waals surface area contributed by atoms with Gasteiger partial charge in [-0.3, -0.25) is 19.3 Å². The molecule has 1 aliphatic heterocycles. The predicted molar refractivity (Wildman–Crippen MR) is 106 cm³/mol. The molecule has 2 atom stereocenters. The molecule has 3 rings (SSSR count). The van der Waals surface area contributed by atoms with Crippen molar-refractivity contribution in [3.05, 3.63) is 29.8 Å². The minimum Gasteiger partial charge on any atom is -0.454 e. The van der Waals surface area contributed by atoms with Crippen LogP contribution in [0.1, 0.15) is 38.2 Å². The molecular formula is C21H24N4O5. The van der Waals surface area contributed by atoms with E-state index < -0.39 is 42.5 Å². The lowest BCUT2D eigenvalue weighted by atomic mass is 9.73. The van der Waals surface area contributed by atoms with Gasteiger partial charge in [0.1, 0.15) is 12.1 Å². The second-order valence-electron chi connectivity index (χ2n) is 7.68. The van der Waals surface area contributed by atoms with Crippen LogP contribution < -0.4 is 10.6 Å². The highest BCUT2D eigenvalue weighted by atomic mass is 16.5. The number of amides is 4. The SMILES string of the molecule is C[C@H]1CCCC[C@@]12NC(=O)N(CC(=O)OCC(=O)Nc1ccc(CC#N)cc1)C2=O. The van der Waals surface area contributed by atoms with Crippen molar-refractivity contribution in [3.8, 4) is 6.07 Å². The van der Waals surface area contributed by atoms with E-state index in [4.69, 9.17) is 10.00 Å². The van der Waals surface area contributed by atoms with Crippen molar-refractivity contribution in [3.63, 3.8) is 0 Å². The summed E-state index contributed by atoms with van der Waals surface area (Å²) < 4.78 is 4.93. The zero-order valence-electron chi connectivity index (χ0n) is 16.8. The molecule has 1 spiro atoms. The van der Waals surface area contributed by atoms with Crippen molar-refractivity contribution in [2.45, 2.75) is 44.6 Å². The van der Waals surface area contributed by atoms with Gasteiger partial charge in [0.25, 0.3) is 11.8 Å². The van der Waals surface area contributed by atoms with Gasteiger partial charge in [0, 0.05) is 5.69 Å². The number of rotatable bonds is 6. The monoisotopic (exact) mass is 412 g/mol. The Labute approximate surface area is 174 Å².